The summed E-state index contributed by atoms with van der Waals surface area (Å²) in [6.07, 6.45) is 2.98. The molecule has 0 aliphatic rings. The number of nitrogens with two attached hydrogens (primary N) is 1. The minimum atomic E-state index is -4.03. The molecule has 5 nitrogen and oxygen atoms in total. The van der Waals surface area contributed by atoms with Gasteiger partial charge in [-0.2, -0.15) is 0 Å². The third-order valence-corrected chi connectivity index (χ3v) is 6.78. The average molecular weight is 467 g/mol. The van der Waals surface area contributed by atoms with Crippen LogP contribution in [0.25, 0.3) is 0 Å². The fraction of sp³-hybridized carbons (Fsp3) is 0.409. The van der Waals surface area contributed by atoms with E-state index in [0.29, 0.717) is 33.7 Å². The number of unbranched alkanes of at least 4 members (excludes halogenated alkanes) is 1. The van der Waals surface area contributed by atoms with Gasteiger partial charge >= 0.3 is 0 Å². The van der Waals surface area contributed by atoms with E-state index in [4.69, 9.17) is 22.1 Å². The standard InChI is InChI=1S/C22H30N2O3S3/c1-4-5-12-24-19-14-17(22(28)29-13-11-16(2)3)15-20(30(23,25)26)21(19)27-18-9-7-6-8-10-18/h6-10,14-16,24H,4-5,11-13H2,1-3H3,(H2,23,25,26). The summed E-state index contributed by atoms with van der Waals surface area (Å²) in [6, 6.07) is 12.4. The highest BCUT2D eigenvalue weighted by Gasteiger charge is 2.23. The molecule has 0 radical (unpaired) electrons. The van der Waals surface area contributed by atoms with Gasteiger partial charge in [-0.3, -0.25) is 0 Å². The molecule has 2 aromatic rings. The van der Waals surface area contributed by atoms with Gasteiger partial charge in [0.1, 0.15) is 10.6 Å². The molecular formula is C22H30N2O3S3. The lowest BCUT2D eigenvalue weighted by Gasteiger charge is -2.18. The number of hydrogen-bond donors (Lipinski definition) is 2. The molecule has 0 aliphatic carbocycles. The van der Waals surface area contributed by atoms with Crippen LogP contribution in [0.4, 0.5) is 5.69 Å². The predicted octanol–water partition coefficient (Wildman–Crippen LogP) is 5.79. The first-order valence-electron chi connectivity index (χ1n) is 10.1. The lowest BCUT2D eigenvalue weighted by Crippen LogP contribution is -2.16. The predicted molar refractivity (Wildman–Crippen MR) is 131 cm³/mol. The quantitative estimate of drug-likeness (QED) is 0.322. The largest absolute Gasteiger partial charge is 0.454 e. The van der Waals surface area contributed by atoms with Crippen LogP contribution < -0.4 is 15.2 Å². The highest BCUT2D eigenvalue weighted by Crippen LogP contribution is 2.38. The van der Waals surface area contributed by atoms with E-state index in [9.17, 15) is 8.42 Å². The summed E-state index contributed by atoms with van der Waals surface area (Å²) in [5.74, 6) is 2.18. The number of anilines is 1. The molecule has 0 spiro atoms. The zero-order chi connectivity index (χ0) is 22.1. The van der Waals surface area contributed by atoms with Crippen LogP contribution in [-0.4, -0.2) is 24.9 Å². The summed E-state index contributed by atoms with van der Waals surface area (Å²) >= 11 is 7.13. The van der Waals surface area contributed by atoms with Crippen LogP contribution >= 0.6 is 24.0 Å². The summed E-state index contributed by atoms with van der Waals surface area (Å²) in [5.41, 5.74) is 1.22. The lowest BCUT2D eigenvalue weighted by atomic mass is 10.2. The molecule has 0 fully saturated rings. The molecule has 8 heteroatoms. The number of primary sulfonamides is 1. The molecule has 2 aromatic carbocycles. The smallest absolute Gasteiger partial charge is 0.241 e. The van der Waals surface area contributed by atoms with Crippen LogP contribution in [0, 0.1) is 5.92 Å². The second-order valence-corrected chi connectivity index (χ2v) is 10.7. The van der Waals surface area contributed by atoms with Crippen molar-refractivity contribution in [3.8, 4) is 11.5 Å². The Morgan fingerprint density at radius 1 is 1.23 bits per heavy atom. The van der Waals surface area contributed by atoms with Gasteiger partial charge in [0.25, 0.3) is 0 Å². The summed E-state index contributed by atoms with van der Waals surface area (Å²) < 4.78 is 31.5. The molecule has 0 bridgehead atoms. The Bertz CT molecular complexity index is 946. The Hall–Kier alpha value is -1.61. The number of sulfonamides is 1. The Balaban J connectivity index is 2.47. The zero-order valence-corrected chi connectivity index (χ0v) is 20.1. The van der Waals surface area contributed by atoms with Crippen molar-refractivity contribution in [1.29, 1.82) is 0 Å². The average Bonchev–Trinajstić information content (AvgIpc) is 2.68. The number of ether oxygens (including phenoxy) is 1. The SMILES string of the molecule is CCCCNc1cc(C(=S)SCCC(C)C)cc(S(N)(=O)=O)c1Oc1ccccc1. The summed E-state index contributed by atoms with van der Waals surface area (Å²) in [7, 11) is -4.03. The molecule has 164 valence electrons. The normalized spacial score (nSPS) is 11.5. The first kappa shape index (κ1) is 24.7. The van der Waals surface area contributed by atoms with E-state index < -0.39 is 10.0 Å². The van der Waals surface area contributed by atoms with Gasteiger partial charge in [-0.25, -0.2) is 13.6 Å². The maximum absolute atomic E-state index is 12.4. The van der Waals surface area contributed by atoms with Crippen molar-refractivity contribution in [3.63, 3.8) is 0 Å². The van der Waals surface area contributed by atoms with Crippen LogP contribution in [0.1, 0.15) is 45.6 Å². The molecule has 0 saturated heterocycles. The molecule has 0 saturated carbocycles. The number of thioether (sulfide) groups is 1. The van der Waals surface area contributed by atoms with Gasteiger partial charge in [-0.1, -0.05) is 57.6 Å². The van der Waals surface area contributed by atoms with E-state index in [2.05, 4.69) is 26.1 Å². The minimum absolute atomic E-state index is 0.0744. The molecule has 0 aromatic heterocycles. The maximum Gasteiger partial charge on any atom is 0.241 e. The van der Waals surface area contributed by atoms with Gasteiger partial charge < -0.3 is 10.1 Å². The van der Waals surface area contributed by atoms with E-state index in [1.54, 1.807) is 23.9 Å². The van der Waals surface area contributed by atoms with Gasteiger partial charge in [0, 0.05) is 12.1 Å². The Morgan fingerprint density at radius 2 is 1.93 bits per heavy atom. The van der Waals surface area contributed by atoms with Crippen molar-refractivity contribution < 1.29 is 13.2 Å². The van der Waals surface area contributed by atoms with Crippen LogP contribution in [0.5, 0.6) is 11.5 Å². The number of para-hydroxylation sites is 1. The lowest BCUT2D eigenvalue weighted by molar-refractivity contribution is 0.469. The molecule has 0 heterocycles. The fourth-order valence-corrected chi connectivity index (χ4v) is 4.77. The van der Waals surface area contributed by atoms with E-state index >= 15 is 0 Å². The van der Waals surface area contributed by atoms with Crippen molar-refractivity contribution >= 4 is 43.9 Å². The van der Waals surface area contributed by atoms with Gasteiger partial charge in [-0.15, -0.1) is 11.8 Å². The van der Waals surface area contributed by atoms with Crippen molar-refractivity contribution in [2.24, 2.45) is 11.1 Å². The van der Waals surface area contributed by atoms with Crippen LogP contribution in [0.2, 0.25) is 0 Å². The summed E-state index contributed by atoms with van der Waals surface area (Å²) in [5, 5.41) is 8.86. The van der Waals surface area contributed by atoms with Crippen LogP contribution in [-0.2, 0) is 10.0 Å². The van der Waals surface area contributed by atoms with Crippen molar-refractivity contribution in [3.05, 3.63) is 48.0 Å². The summed E-state index contributed by atoms with van der Waals surface area (Å²) in [6.45, 7) is 7.10. The van der Waals surface area contributed by atoms with Crippen molar-refractivity contribution in [1.82, 2.24) is 0 Å². The van der Waals surface area contributed by atoms with Gasteiger partial charge in [0.2, 0.25) is 10.0 Å². The third-order valence-electron chi connectivity index (χ3n) is 4.33. The van der Waals surface area contributed by atoms with E-state index in [1.165, 1.54) is 6.07 Å². The second kappa shape index (κ2) is 11.7. The van der Waals surface area contributed by atoms with Crippen LogP contribution in [0.15, 0.2) is 47.4 Å². The summed E-state index contributed by atoms with van der Waals surface area (Å²) in [4.78, 5) is -0.0744. The zero-order valence-electron chi connectivity index (χ0n) is 17.7. The Kier molecular flexibility index (Phi) is 9.61. The first-order valence-corrected chi connectivity index (χ1v) is 13.0. The van der Waals surface area contributed by atoms with E-state index in [-0.39, 0.29) is 10.6 Å². The van der Waals surface area contributed by atoms with Crippen molar-refractivity contribution in [2.75, 3.05) is 17.6 Å². The molecule has 2 rings (SSSR count). The van der Waals surface area contributed by atoms with Crippen molar-refractivity contribution in [2.45, 2.75) is 44.9 Å². The topological polar surface area (TPSA) is 81.4 Å². The Labute approximate surface area is 189 Å². The van der Waals surface area contributed by atoms with E-state index in [1.807, 2.05) is 24.3 Å². The molecule has 3 N–H and O–H groups in total. The van der Waals surface area contributed by atoms with E-state index in [0.717, 1.165) is 25.0 Å². The molecular weight excluding hydrogens is 436 g/mol. The van der Waals surface area contributed by atoms with Gasteiger partial charge in [0.15, 0.2) is 5.75 Å². The van der Waals surface area contributed by atoms with Gasteiger partial charge in [-0.05, 0) is 48.8 Å². The molecule has 0 amide bonds. The fourth-order valence-electron chi connectivity index (χ4n) is 2.64. The Morgan fingerprint density at radius 3 is 2.53 bits per heavy atom. The highest BCUT2D eigenvalue weighted by molar-refractivity contribution is 8.23. The maximum atomic E-state index is 12.4. The number of hydrogen-bond acceptors (Lipinski definition) is 6. The molecule has 0 atom stereocenters. The number of benzene rings is 2. The van der Waals surface area contributed by atoms with Gasteiger partial charge in [0.05, 0.1) is 9.88 Å². The molecule has 0 aliphatic heterocycles. The second-order valence-electron chi connectivity index (χ2n) is 7.41. The highest BCUT2D eigenvalue weighted by atomic mass is 32.2. The molecule has 0 unspecified atom stereocenters. The molecule has 30 heavy (non-hydrogen) atoms. The number of thiocarbonyl (C=S) groups is 1. The van der Waals surface area contributed by atoms with Crippen LogP contribution in [0.3, 0.4) is 0 Å². The first-order chi connectivity index (χ1) is 14.2. The number of rotatable bonds is 11. The minimum Gasteiger partial charge on any atom is -0.454 e. The number of nitrogens with one attached hydrogen (secondary N) is 1. The monoisotopic (exact) mass is 466 g/mol. The third kappa shape index (κ3) is 7.58.